The van der Waals surface area contributed by atoms with E-state index < -0.39 is 22.0 Å². The predicted molar refractivity (Wildman–Crippen MR) is 131 cm³/mol. The monoisotopic (exact) mass is 485 g/mol. The lowest BCUT2D eigenvalue weighted by atomic mass is 10.1. The molecule has 0 saturated carbocycles. The molecule has 1 amide bonds. The number of primary amides is 1. The van der Waals surface area contributed by atoms with Crippen LogP contribution in [0.15, 0.2) is 83.8 Å². The first kappa shape index (κ1) is 24.9. The number of nitrogens with two attached hydrogens (primary N) is 1. The van der Waals surface area contributed by atoms with Gasteiger partial charge in [-0.15, -0.1) is 0 Å². The summed E-state index contributed by atoms with van der Waals surface area (Å²) in [6.07, 6.45) is 0.422. The summed E-state index contributed by atoms with van der Waals surface area (Å²) in [5.74, 6) is -0.736. The third-order valence-corrected chi connectivity index (χ3v) is 7.37. The zero-order valence-electron chi connectivity index (χ0n) is 18.7. The van der Waals surface area contributed by atoms with E-state index in [1.807, 2.05) is 38.4 Å². The molecule has 3 aromatic rings. The van der Waals surface area contributed by atoms with Crippen LogP contribution in [0.5, 0.6) is 0 Å². The number of rotatable bonds is 10. The Labute approximate surface area is 200 Å². The number of benzene rings is 3. The fourth-order valence-corrected chi connectivity index (χ4v) is 5.37. The second-order valence-electron chi connectivity index (χ2n) is 8.09. The zero-order chi connectivity index (χ0) is 24.0. The Bertz CT molecular complexity index is 1170. The molecule has 0 fully saturated rings. The van der Waals surface area contributed by atoms with Gasteiger partial charge in [-0.2, -0.15) is 4.31 Å². The van der Waals surface area contributed by atoms with Gasteiger partial charge < -0.3 is 10.6 Å². The topological polar surface area (TPSA) is 83.7 Å². The van der Waals surface area contributed by atoms with Gasteiger partial charge in [0.15, 0.2) is 0 Å². The van der Waals surface area contributed by atoms with E-state index in [1.54, 1.807) is 30.3 Å². The number of hydrogen-bond acceptors (Lipinski definition) is 4. The normalized spacial score (nSPS) is 12.8. The van der Waals surface area contributed by atoms with Crippen molar-refractivity contribution in [3.8, 4) is 0 Å². The second kappa shape index (κ2) is 10.9. The lowest BCUT2D eigenvalue weighted by Gasteiger charge is -2.29. The highest BCUT2D eigenvalue weighted by Gasteiger charge is 2.35. The molecule has 0 aliphatic carbocycles. The first-order valence-corrected chi connectivity index (χ1v) is 12.3. The first-order chi connectivity index (χ1) is 15.7. The van der Waals surface area contributed by atoms with Crippen LogP contribution < -0.4 is 5.73 Å². The van der Waals surface area contributed by atoms with Crippen LogP contribution in [0.25, 0.3) is 0 Å². The predicted octanol–water partition coefficient (Wildman–Crippen LogP) is 3.86. The third-order valence-electron chi connectivity index (χ3n) is 5.24. The Morgan fingerprint density at radius 1 is 0.909 bits per heavy atom. The Hall–Kier alpha value is -2.71. The Morgan fingerprint density at radius 3 is 2.03 bits per heavy atom. The number of sulfonamides is 1. The molecule has 0 aliphatic heterocycles. The van der Waals surface area contributed by atoms with Gasteiger partial charge >= 0.3 is 0 Å². The first-order valence-electron chi connectivity index (χ1n) is 10.5. The number of carbonyl (C=O) groups excluding carboxylic acids is 1. The average molecular weight is 486 g/mol. The van der Waals surface area contributed by atoms with Crippen LogP contribution in [0.3, 0.4) is 0 Å². The number of halogens is 1. The fraction of sp³-hybridized carbons (Fsp3) is 0.240. The Morgan fingerprint density at radius 2 is 1.48 bits per heavy atom. The van der Waals surface area contributed by atoms with Gasteiger partial charge in [0, 0.05) is 18.1 Å². The minimum Gasteiger partial charge on any atom is -0.368 e. The van der Waals surface area contributed by atoms with E-state index in [2.05, 4.69) is 4.90 Å². The molecule has 0 bridgehead atoms. The van der Waals surface area contributed by atoms with Gasteiger partial charge in [-0.25, -0.2) is 8.42 Å². The standard InChI is InChI=1S/C25H28ClN3O3S/c1-28(2)18-20-10-8-19(9-11-20)16-17-29(24(25(27)30)21-6-4-3-5-7-21)33(31,32)23-14-12-22(26)13-15-23/h3-15,24H,16-18H2,1-2H3,(H2,27,30)/t24-/m1/s1. The summed E-state index contributed by atoms with van der Waals surface area (Å²) < 4.78 is 28.4. The smallest absolute Gasteiger partial charge is 0.244 e. The molecule has 0 aliphatic rings. The lowest BCUT2D eigenvalue weighted by molar-refractivity contribution is -0.121. The van der Waals surface area contributed by atoms with Crippen molar-refractivity contribution >= 4 is 27.5 Å². The van der Waals surface area contributed by atoms with Gasteiger partial charge in [0.1, 0.15) is 6.04 Å². The van der Waals surface area contributed by atoms with Crippen LogP contribution in [0.4, 0.5) is 0 Å². The summed E-state index contributed by atoms with van der Waals surface area (Å²) >= 11 is 5.95. The molecule has 0 heterocycles. The van der Waals surface area contributed by atoms with E-state index in [4.69, 9.17) is 17.3 Å². The molecule has 0 aromatic heterocycles. The molecule has 0 unspecified atom stereocenters. The van der Waals surface area contributed by atoms with Crippen molar-refractivity contribution in [3.05, 3.63) is 101 Å². The van der Waals surface area contributed by atoms with Crippen molar-refractivity contribution in [1.82, 2.24) is 9.21 Å². The van der Waals surface area contributed by atoms with Gasteiger partial charge in [-0.3, -0.25) is 4.79 Å². The van der Waals surface area contributed by atoms with E-state index in [-0.39, 0.29) is 11.4 Å². The lowest BCUT2D eigenvalue weighted by Crippen LogP contribution is -2.42. The van der Waals surface area contributed by atoms with Crippen molar-refractivity contribution in [2.45, 2.75) is 23.9 Å². The van der Waals surface area contributed by atoms with Crippen molar-refractivity contribution in [2.24, 2.45) is 5.73 Å². The Kier molecular flexibility index (Phi) is 8.26. The minimum absolute atomic E-state index is 0.0513. The summed E-state index contributed by atoms with van der Waals surface area (Å²) in [4.78, 5) is 14.6. The SMILES string of the molecule is CN(C)Cc1ccc(CCN([C@@H](C(N)=O)c2ccccc2)S(=O)(=O)c2ccc(Cl)cc2)cc1. The molecule has 2 N–H and O–H groups in total. The van der Waals surface area contributed by atoms with Crippen molar-refractivity contribution in [3.63, 3.8) is 0 Å². The van der Waals surface area contributed by atoms with Gasteiger partial charge in [0.25, 0.3) is 0 Å². The molecule has 6 nitrogen and oxygen atoms in total. The molecule has 0 radical (unpaired) electrons. The molecule has 3 rings (SSSR count). The molecule has 33 heavy (non-hydrogen) atoms. The van der Waals surface area contributed by atoms with Gasteiger partial charge in [0.05, 0.1) is 4.90 Å². The molecule has 8 heteroatoms. The van der Waals surface area contributed by atoms with Gasteiger partial charge in [-0.1, -0.05) is 66.2 Å². The van der Waals surface area contributed by atoms with Crippen LogP contribution in [0.1, 0.15) is 22.7 Å². The van der Waals surface area contributed by atoms with E-state index in [0.29, 0.717) is 17.0 Å². The molecular formula is C25H28ClN3O3S. The molecule has 174 valence electrons. The summed E-state index contributed by atoms with van der Waals surface area (Å²) in [5, 5.41) is 0.424. The summed E-state index contributed by atoms with van der Waals surface area (Å²) in [7, 11) is -0.0353. The maximum atomic E-state index is 13.6. The number of carbonyl (C=O) groups is 1. The summed E-state index contributed by atoms with van der Waals surface area (Å²) in [5.41, 5.74) is 8.37. The van der Waals surface area contributed by atoms with Crippen LogP contribution in [-0.2, 0) is 27.8 Å². The minimum atomic E-state index is -4.04. The quantitative estimate of drug-likeness (QED) is 0.472. The maximum absolute atomic E-state index is 13.6. The largest absolute Gasteiger partial charge is 0.368 e. The summed E-state index contributed by atoms with van der Waals surface area (Å²) in [6, 6.07) is 21.5. The molecule has 0 saturated heterocycles. The molecule has 1 atom stereocenters. The second-order valence-corrected chi connectivity index (χ2v) is 10.4. The van der Waals surface area contributed by atoms with E-state index >= 15 is 0 Å². The molecule has 3 aromatic carbocycles. The highest BCUT2D eigenvalue weighted by molar-refractivity contribution is 7.89. The van der Waals surface area contributed by atoms with Crippen molar-refractivity contribution < 1.29 is 13.2 Å². The summed E-state index contributed by atoms with van der Waals surface area (Å²) in [6.45, 7) is 0.898. The molecule has 0 spiro atoms. The highest BCUT2D eigenvalue weighted by Crippen LogP contribution is 2.29. The van der Waals surface area contributed by atoms with Crippen molar-refractivity contribution in [2.75, 3.05) is 20.6 Å². The fourth-order valence-electron chi connectivity index (χ4n) is 3.65. The maximum Gasteiger partial charge on any atom is 0.244 e. The average Bonchev–Trinajstić information content (AvgIpc) is 2.77. The third kappa shape index (κ3) is 6.42. The van der Waals surface area contributed by atoms with Gasteiger partial charge in [0.2, 0.25) is 15.9 Å². The van der Waals surface area contributed by atoms with E-state index in [0.717, 1.165) is 17.7 Å². The van der Waals surface area contributed by atoms with Crippen LogP contribution >= 0.6 is 11.6 Å². The zero-order valence-corrected chi connectivity index (χ0v) is 20.3. The van der Waals surface area contributed by atoms with Crippen LogP contribution in [-0.4, -0.2) is 44.2 Å². The highest BCUT2D eigenvalue weighted by atomic mass is 35.5. The molecular weight excluding hydrogens is 458 g/mol. The van der Waals surface area contributed by atoms with E-state index in [9.17, 15) is 13.2 Å². The number of nitrogens with zero attached hydrogens (tertiary/aromatic N) is 2. The Balaban J connectivity index is 1.96. The number of hydrogen-bond donors (Lipinski definition) is 1. The van der Waals surface area contributed by atoms with Crippen LogP contribution in [0, 0.1) is 0 Å². The number of amides is 1. The van der Waals surface area contributed by atoms with Crippen molar-refractivity contribution in [1.29, 1.82) is 0 Å². The van der Waals surface area contributed by atoms with Gasteiger partial charge in [-0.05, 0) is 61.5 Å². The van der Waals surface area contributed by atoms with Crippen LogP contribution in [0.2, 0.25) is 5.02 Å². The van der Waals surface area contributed by atoms with E-state index in [1.165, 1.54) is 28.6 Å².